The van der Waals surface area contributed by atoms with Gasteiger partial charge in [0.1, 0.15) is 23.6 Å². The molecule has 2 amide bonds. The molecule has 3 aliphatic heterocycles. The van der Waals surface area contributed by atoms with E-state index in [1.165, 1.54) is 0 Å². The third-order valence-corrected chi connectivity index (χ3v) is 6.49. The summed E-state index contributed by atoms with van der Waals surface area (Å²) in [5.41, 5.74) is -0.0698. The molecule has 2 fully saturated rings. The largest absolute Gasteiger partial charge is 0.497 e. The number of carbonyl (C=O) groups is 2. The molecule has 164 valence electrons. The Kier molecular flexibility index (Phi) is 5.88. The van der Waals surface area contributed by atoms with Crippen molar-refractivity contribution in [3.63, 3.8) is 0 Å². The third-order valence-electron chi connectivity index (χ3n) is 6.49. The lowest BCUT2D eigenvalue weighted by Crippen LogP contribution is -2.55. The van der Waals surface area contributed by atoms with Gasteiger partial charge in [-0.25, -0.2) is 0 Å². The Morgan fingerprint density at radius 3 is 2.77 bits per heavy atom. The second-order valence-electron chi connectivity index (χ2n) is 8.75. The second-order valence-corrected chi connectivity index (χ2v) is 8.75. The highest BCUT2D eigenvalue weighted by Crippen LogP contribution is 2.37. The van der Waals surface area contributed by atoms with Gasteiger partial charge in [0.15, 0.2) is 0 Å². The molecule has 1 spiro atoms. The Morgan fingerprint density at radius 1 is 1.30 bits per heavy atom. The molecule has 0 aliphatic carbocycles. The first kappa shape index (κ1) is 20.9. The van der Waals surface area contributed by atoms with Crippen molar-refractivity contribution in [3.8, 4) is 11.5 Å². The van der Waals surface area contributed by atoms with Crippen molar-refractivity contribution in [1.82, 2.24) is 14.7 Å². The summed E-state index contributed by atoms with van der Waals surface area (Å²) >= 11 is 0. The molecule has 0 saturated carbocycles. The highest BCUT2D eigenvalue weighted by atomic mass is 16.5. The fourth-order valence-electron chi connectivity index (χ4n) is 4.60. The number of methoxy groups -OCH3 is 1. The van der Waals surface area contributed by atoms with Crippen molar-refractivity contribution in [2.24, 2.45) is 0 Å². The van der Waals surface area contributed by atoms with Gasteiger partial charge in [-0.15, -0.1) is 0 Å². The second kappa shape index (κ2) is 8.43. The van der Waals surface area contributed by atoms with E-state index in [9.17, 15) is 14.7 Å². The van der Waals surface area contributed by atoms with Gasteiger partial charge in [-0.2, -0.15) is 0 Å². The van der Waals surface area contributed by atoms with E-state index >= 15 is 0 Å². The van der Waals surface area contributed by atoms with Gasteiger partial charge >= 0.3 is 0 Å². The maximum atomic E-state index is 13.4. The number of rotatable bonds is 3. The van der Waals surface area contributed by atoms with Crippen molar-refractivity contribution >= 4 is 11.8 Å². The van der Waals surface area contributed by atoms with E-state index in [-0.39, 0.29) is 18.4 Å². The summed E-state index contributed by atoms with van der Waals surface area (Å²) in [4.78, 5) is 31.9. The fourth-order valence-corrected chi connectivity index (χ4v) is 4.60. The number of hydrogen-bond donors (Lipinski definition) is 1. The first-order chi connectivity index (χ1) is 14.4. The first-order valence-electron chi connectivity index (χ1n) is 10.7. The maximum absolute atomic E-state index is 13.4. The number of piperidine rings is 2. The molecule has 0 bridgehead atoms. The lowest BCUT2D eigenvalue weighted by atomic mass is 9.90. The summed E-state index contributed by atoms with van der Waals surface area (Å²) in [6.45, 7) is 3.07. The van der Waals surface area contributed by atoms with Crippen LogP contribution in [0.2, 0.25) is 0 Å². The van der Waals surface area contributed by atoms with E-state index in [2.05, 4.69) is 11.9 Å². The number of nitrogens with zero attached hydrogens (tertiary/aromatic N) is 3. The van der Waals surface area contributed by atoms with Gasteiger partial charge in [-0.3, -0.25) is 9.59 Å². The highest BCUT2D eigenvalue weighted by Gasteiger charge is 2.43. The number of ether oxygens (including phenoxy) is 2. The minimum absolute atomic E-state index is 0.00201. The standard InChI is InChI=1S/C22H31N3O5/c1-23-10-7-22(8-11-23)15-25(14-20(27)24-9-3-4-16(26)13-24)21(28)18-6-5-17(29-2)12-19(18)30-22/h5-6,12,16,26H,3-4,7-11,13-15H2,1-2H3. The quantitative estimate of drug-likeness (QED) is 0.790. The molecule has 8 nitrogen and oxygen atoms in total. The van der Waals surface area contributed by atoms with Crippen molar-refractivity contribution in [1.29, 1.82) is 0 Å². The molecule has 30 heavy (non-hydrogen) atoms. The fraction of sp³-hybridized carbons (Fsp3) is 0.636. The van der Waals surface area contributed by atoms with Crippen molar-refractivity contribution in [2.75, 3.05) is 53.4 Å². The van der Waals surface area contributed by atoms with Gasteiger partial charge in [0.25, 0.3) is 5.91 Å². The molecule has 0 radical (unpaired) electrons. The summed E-state index contributed by atoms with van der Waals surface area (Å²) in [6, 6.07) is 5.22. The number of amides is 2. The van der Waals surface area contributed by atoms with Crippen LogP contribution >= 0.6 is 0 Å². The van der Waals surface area contributed by atoms with E-state index in [4.69, 9.17) is 9.47 Å². The molecule has 1 aromatic rings. The average molecular weight is 418 g/mol. The van der Waals surface area contributed by atoms with Gasteiger partial charge in [-0.05, 0) is 32.0 Å². The van der Waals surface area contributed by atoms with Gasteiger partial charge in [0, 0.05) is 45.1 Å². The van der Waals surface area contributed by atoms with Gasteiger partial charge in [-0.1, -0.05) is 0 Å². The van der Waals surface area contributed by atoms with Crippen molar-refractivity contribution in [2.45, 2.75) is 37.4 Å². The molecule has 3 aliphatic rings. The van der Waals surface area contributed by atoms with Crippen LogP contribution in [0, 0.1) is 0 Å². The van der Waals surface area contributed by atoms with Crippen LogP contribution < -0.4 is 9.47 Å². The molecule has 3 heterocycles. The van der Waals surface area contributed by atoms with Crippen LogP contribution in [-0.2, 0) is 4.79 Å². The van der Waals surface area contributed by atoms with Crippen LogP contribution in [0.1, 0.15) is 36.0 Å². The normalized spacial score (nSPS) is 24.2. The number of fused-ring (bicyclic) bond motifs is 1. The number of hydrogen-bond acceptors (Lipinski definition) is 6. The Bertz CT molecular complexity index is 806. The van der Waals surface area contributed by atoms with Gasteiger partial charge in [0.2, 0.25) is 5.91 Å². The molecule has 1 N–H and O–H groups in total. The number of carbonyl (C=O) groups excluding carboxylic acids is 2. The zero-order valence-corrected chi connectivity index (χ0v) is 17.8. The van der Waals surface area contributed by atoms with E-state index in [1.54, 1.807) is 35.1 Å². The summed E-state index contributed by atoms with van der Waals surface area (Å²) < 4.78 is 11.8. The summed E-state index contributed by atoms with van der Waals surface area (Å²) in [5, 5.41) is 9.92. The van der Waals surface area contributed by atoms with E-state index in [0.717, 1.165) is 32.4 Å². The SMILES string of the molecule is COc1ccc2c(c1)OC1(CCN(C)CC1)CN(CC(=O)N1CCCC(O)C1)C2=O. The van der Waals surface area contributed by atoms with E-state index < -0.39 is 11.7 Å². The van der Waals surface area contributed by atoms with Crippen molar-refractivity contribution in [3.05, 3.63) is 23.8 Å². The summed E-state index contributed by atoms with van der Waals surface area (Å²) in [5.74, 6) is 0.834. The van der Waals surface area contributed by atoms with Crippen LogP contribution in [0.25, 0.3) is 0 Å². The molecule has 1 unspecified atom stereocenters. The van der Waals surface area contributed by atoms with Crippen LogP contribution in [0.5, 0.6) is 11.5 Å². The number of aliphatic hydroxyl groups is 1. The van der Waals surface area contributed by atoms with E-state index in [0.29, 0.717) is 43.1 Å². The molecular formula is C22H31N3O5. The molecule has 2 saturated heterocycles. The monoisotopic (exact) mass is 417 g/mol. The minimum Gasteiger partial charge on any atom is -0.497 e. The molecule has 1 atom stereocenters. The number of aliphatic hydroxyl groups excluding tert-OH is 1. The third kappa shape index (κ3) is 4.25. The molecular weight excluding hydrogens is 386 g/mol. The van der Waals surface area contributed by atoms with Gasteiger partial charge < -0.3 is 29.3 Å². The number of likely N-dealkylation sites (tertiary alicyclic amines) is 2. The van der Waals surface area contributed by atoms with Crippen molar-refractivity contribution < 1.29 is 24.2 Å². The summed E-state index contributed by atoms with van der Waals surface area (Å²) in [6.07, 6.45) is 2.56. The first-order valence-corrected chi connectivity index (χ1v) is 10.7. The lowest BCUT2D eigenvalue weighted by Gasteiger charge is -2.42. The van der Waals surface area contributed by atoms with E-state index in [1.807, 2.05) is 0 Å². The van der Waals surface area contributed by atoms with Gasteiger partial charge in [0.05, 0.1) is 25.3 Å². The number of β-amino-alcohol motifs (C(OH)–C–C–N with tert-alkyl or cyclic N) is 1. The number of benzene rings is 1. The highest BCUT2D eigenvalue weighted by molar-refractivity contribution is 5.99. The predicted octanol–water partition coefficient (Wildman–Crippen LogP) is 0.977. The van der Waals surface area contributed by atoms with Crippen LogP contribution in [0.3, 0.4) is 0 Å². The molecule has 8 heteroatoms. The Hall–Kier alpha value is -2.32. The van der Waals surface area contributed by atoms with Crippen LogP contribution in [-0.4, -0.2) is 96.8 Å². The average Bonchev–Trinajstić information content (AvgIpc) is 2.85. The predicted molar refractivity (Wildman–Crippen MR) is 111 cm³/mol. The Morgan fingerprint density at radius 2 is 2.07 bits per heavy atom. The molecule has 1 aromatic carbocycles. The Balaban J connectivity index is 1.61. The van der Waals surface area contributed by atoms with Crippen LogP contribution in [0.15, 0.2) is 18.2 Å². The zero-order valence-electron chi connectivity index (χ0n) is 17.8. The van der Waals surface area contributed by atoms with Crippen LogP contribution in [0.4, 0.5) is 0 Å². The summed E-state index contributed by atoms with van der Waals surface area (Å²) in [7, 11) is 3.66. The lowest BCUT2D eigenvalue weighted by molar-refractivity contribution is -0.135. The maximum Gasteiger partial charge on any atom is 0.258 e. The molecule has 0 aromatic heterocycles. The topological polar surface area (TPSA) is 82.6 Å². The zero-order chi connectivity index (χ0) is 21.3. The minimum atomic E-state index is -0.526. The molecule has 4 rings (SSSR count). The Labute approximate surface area is 177 Å². The smallest absolute Gasteiger partial charge is 0.258 e.